The van der Waals surface area contributed by atoms with Crippen molar-refractivity contribution in [2.45, 2.75) is 115 Å². The van der Waals surface area contributed by atoms with Crippen LogP contribution in [-0.2, 0) is 21.2 Å². The molecule has 0 heterocycles. The molecule has 2 aliphatic rings. The molecule has 0 saturated heterocycles. The minimum atomic E-state index is -0.969. The van der Waals surface area contributed by atoms with Crippen LogP contribution in [0.25, 0.3) is 0 Å². The lowest BCUT2D eigenvalue weighted by Gasteiger charge is -2.44. The van der Waals surface area contributed by atoms with Gasteiger partial charge in [-0.15, -0.1) is 0 Å². The van der Waals surface area contributed by atoms with Crippen LogP contribution < -0.4 is 5.32 Å². The molecule has 0 saturated carbocycles. The molecule has 34 heavy (non-hydrogen) atoms. The molecule has 1 aromatic rings. The molecule has 0 bridgehead atoms. The molecule has 0 radical (unpaired) electrons. The van der Waals surface area contributed by atoms with E-state index in [2.05, 4.69) is 58.1 Å². The van der Waals surface area contributed by atoms with Gasteiger partial charge in [-0.2, -0.15) is 0 Å². The maximum atomic E-state index is 13.0. The Hall–Kier alpha value is -2.13. The lowest BCUT2D eigenvalue weighted by atomic mass is 9.62. The van der Waals surface area contributed by atoms with E-state index in [1.807, 2.05) is 24.3 Å². The summed E-state index contributed by atoms with van der Waals surface area (Å²) >= 11 is 0. The quantitative estimate of drug-likeness (QED) is 0.286. The second-order valence-corrected chi connectivity index (χ2v) is 11.5. The van der Waals surface area contributed by atoms with Crippen LogP contribution in [0.2, 0.25) is 0 Å². The third-order valence-electron chi connectivity index (χ3n) is 7.88. The average Bonchev–Trinajstić information content (AvgIpc) is 2.80. The van der Waals surface area contributed by atoms with E-state index in [9.17, 15) is 9.90 Å². The molecule has 0 fully saturated rings. The van der Waals surface area contributed by atoms with Crippen molar-refractivity contribution in [3.63, 3.8) is 0 Å². The first-order valence-electron chi connectivity index (χ1n) is 13.3. The van der Waals surface area contributed by atoms with Gasteiger partial charge in [0, 0.05) is 0 Å². The number of nitrogens with one attached hydrogen (secondary N) is 1. The van der Waals surface area contributed by atoms with E-state index in [1.165, 1.54) is 43.2 Å². The van der Waals surface area contributed by atoms with Gasteiger partial charge in [0.05, 0.1) is 0 Å². The van der Waals surface area contributed by atoms with Crippen molar-refractivity contribution in [3.8, 4) is 0 Å². The molecule has 1 aromatic carbocycles. The summed E-state index contributed by atoms with van der Waals surface area (Å²) in [5, 5.41) is 14.3. The highest BCUT2D eigenvalue weighted by atomic mass is 16.3. The number of aliphatic hydroxyl groups is 1. The Morgan fingerprint density at radius 1 is 1.00 bits per heavy atom. The molecule has 2 aliphatic carbocycles. The van der Waals surface area contributed by atoms with Crippen molar-refractivity contribution in [2.75, 3.05) is 0 Å². The summed E-state index contributed by atoms with van der Waals surface area (Å²) in [4.78, 5) is 13.0. The Balaban J connectivity index is 1.79. The van der Waals surface area contributed by atoms with E-state index in [-0.39, 0.29) is 16.7 Å². The summed E-state index contributed by atoms with van der Waals surface area (Å²) in [6, 6.07) is 6.53. The Morgan fingerprint density at radius 3 is 2.38 bits per heavy atom. The lowest BCUT2D eigenvalue weighted by Crippen LogP contribution is -2.52. The summed E-state index contributed by atoms with van der Waals surface area (Å²) in [5.74, 6) is -0.165. The Bertz CT molecular complexity index is 937. The predicted octanol–water partition coefficient (Wildman–Crippen LogP) is 7.14. The van der Waals surface area contributed by atoms with E-state index in [1.54, 1.807) is 12.2 Å². The topological polar surface area (TPSA) is 49.3 Å². The van der Waals surface area contributed by atoms with Crippen LogP contribution in [0.15, 0.2) is 54.7 Å². The Morgan fingerprint density at radius 2 is 1.68 bits per heavy atom. The number of amides is 1. The van der Waals surface area contributed by atoms with E-state index in [0.717, 1.165) is 31.2 Å². The second-order valence-electron chi connectivity index (χ2n) is 11.5. The molecule has 2 atom stereocenters. The molecule has 0 spiro atoms. The van der Waals surface area contributed by atoms with Gasteiger partial charge in [-0.25, -0.2) is 0 Å². The molecular formula is C31H45NO2. The molecular weight excluding hydrogens is 418 g/mol. The maximum absolute atomic E-state index is 13.0. The van der Waals surface area contributed by atoms with Gasteiger partial charge in [0.1, 0.15) is 11.6 Å². The standard InChI is InChI=1S/C31H45NO2/c1-6-7-8-9-10-11-12-13-17-28(34)32-31(20-15-14-16-27(31)33)24-18-19-25-26(23-24)30(4,5)22-21-29(25,2)3/h13-20,23,27,33H,6-12,21-22H2,1-5H3,(H,32,34). The predicted molar refractivity (Wildman–Crippen MR) is 143 cm³/mol. The van der Waals surface area contributed by atoms with Crippen molar-refractivity contribution >= 4 is 5.91 Å². The highest BCUT2D eigenvalue weighted by molar-refractivity contribution is 5.88. The van der Waals surface area contributed by atoms with Crippen LogP contribution >= 0.6 is 0 Å². The minimum absolute atomic E-state index is 0.0578. The number of hydrogen-bond donors (Lipinski definition) is 2. The summed E-state index contributed by atoms with van der Waals surface area (Å²) in [6.45, 7) is 11.5. The maximum Gasteiger partial charge on any atom is 0.244 e. The largest absolute Gasteiger partial charge is 0.386 e. The molecule has 2 unspecified atom stereocenters. The molecule has 2 N–H and O–H groups in total. The number of aliphatic hydroxyl groups excluding tert-OH is 1. The van der Waals surface area contributed by atoms with Gasteiger partial charge in [-0.05, 0) is 59.3 Å². The number of rotatable bonds is 10. The molecule has 0 aliphatic heterocycles. The van der Waals surface area contributed by atoms with Gasteiger partial charge in [0.2, 0.25) is 5.91 Å². The first-order valence-corrected chi connectivity index (χ1v) is 13.3. The SMILES string of the molecule is CCCCCCCCC=CC(=O)NC1(c2ccc3c(c2)C(C)(C)CCC3(C)C)C=CC=CC1O. The summed E-state index contributed by atoms with van der Waals surface area (Å²) in [7, 11) is 0. The van der Waals surface area contributed by atoms with Crippen LogP contribution in [-0.4, -0.2) is 17.1 Å². The van der Waals surface area contributed by atoms with Crippen LogP contribution in [0.3, 0.4) is 0 Å². The second kappa shape index (κ2) is 11.1. The zero-order valence-corrected chi connectivity index (χ0v) is 22.0. The van der Waals surface area contributed by atoms with Crippen LogP contribution in [0.1, 0.15) is 109 Å². The number of allylic oxidation sites excluding steroid dienone is 3. The van der Waals surface area contributed by atoms with Crippen molar-refractivity contribution in [2.24, 2.45) is 0 Å². The first kappa shape index (κ1) is 26.5. The highest BCUT2D eigenvalue weighted by Crippen LogP contribution is 2.47. The summed E-state index contributed by atoms with van der Waals surface area (Å²) < 4.78 is 0. The number of carbonyl (C=O) groups is 1. The molecule has 3 nitrogen and oxygen atoms in total. The minimum Gasteiger partial charge on any atom is -0.386 e. The Labute approximate surface area is 207 Å². The van der Waals surface area contributed by atoms with Gasteiger partial charge >= 0.3 is 0 Å². The molecule has 0 aromatic heterocycles. The number of hydrogen-bond acceptors (Lipinski definition) is 2. The van der Waals surface area contributed by atoms with Crippen molar-refractivity contribution in [1.82, 2.24) is 5.32 Å². The zero-order chi connectivity index (χ0) is 24.8. The molecule has 1 amide bonds. The number of unbranched alkanes of at least 4 members (excludes halogenated alkanes) is 6. The average molecular weight is 464 g/mol. The summed E-state index contributed by atoms with van der Waals surface area (Å²) in [6.07, 6.45) is 20.9. The molecule has 186 valence electrons. The van der Waals surface area contributed by atoms with E-state index >= 15 is 0 Å². The zero-order valence-electron chi connectivity index (χ0n) is 22.0. The third kappa shape index (κ3) is 5.92. The van der Waals surface area contributed by atoms with Crippen LogP contribution in [0.5, 0.6) is 0 Å². The van der Waals surface area contributed by atoms with Crippen LogP contribution in [0, 0.1) is 0 Å². The molecule has 3 rings (SSSR count). The van der Waals surface area contributed by atoms with Gasteiger partial charge < -0.3 is 10.4 Å². The smallest absolute Gasteiger partial charge is 0.244 e. The lowest BCUT2D eigenvalue weighted by molar-refractivity contribution is -0.119. The van der Waals surface area contributed by atoms with Gasteiger partial charge in [0.15, 0.2) is 0 Å². The fourth-order valence-corrected chi connectivity index (χ4v) is 5.41. The van der Waals surface area contributed by atoms with Crippen molar-refractivity contribution in [1.29, 1.82) is 0 Å². The number of carbonyl (C=O) groups excluding carboxylic acids is 1. The van der Waals surface area contributed by atoms with Crippen molar-refractivity contribution in [3.05, 3.63) is 71.3 Å². The third-order valence-corrected chi connectivity index (χ3v) is 7.88. The van der Waals surface area contributed by atoms with E-state index in [4.69, 9.17) is 0 Å². The number of fused-ring (bicyclic) bond motifs is 1. The highest BCUT2D eigenvalue weighted by Gasteiger charge is 2.42. The number of benzene rings is 1. The van der Waals surface area contributed by atoms with Crippen molar-refractivity contribution < 1.29 is 9.90 Å². The first-order chi connectivity index (χ1) is 16.1. The van der Waals surface area contributed by atoms with Gasteiger partial charge in [0.25, 0.3) is 0 Å². The van der Waals surface area contributed by atoms with Crippen LogP contribution in [0.4, 0.5) is 0 Å². The monoisotopic (exact) mass is 463 g/mol. The molecule has 3 heteroatoms. The fourth-order valence-electron chi connectivity index (χ4n) is 5.41. The van der Waals surface area contributed by atoms with E-state index < -0.39 is 11.6 Å². The van der Waals surface area contributed by atoms with Gasteiger partial charge in [-0.1, -0.05) is 115 Å². The summed E-state index contributed by atoms with van der Waals surface area (Å²) in [5.41, 5.74) is 2.84. The fraction of sp³-hybridized carbons (Fsp3) is 0.581. The van der Waals surface area contributed by atoms with E-state index in [0.29, 0.717) is 0 Å². The normalized spacial score (nSPS) is 24.8. The van der Waals surface area contributed by atoms with Gasteiger partial charge in [-0.3, -0.25) is 4.79 Å². The Kier molecular flexibility index (Phi) is 8.62.